The number of benzene rings is 1. The van der Waals surface area contributed by atoms with Gasteiger partial charge in [0.25, 0.3) is 0 Å². The van der Waals surface area contributed by atoms with Crippen molar-refractivity contribution in [3.05, 3.63) is 35.9 Å². The second kappa shape index (κ2) is 6.29. The van der Waals surface area contributed by atoms with E-state index in [0.717, 1.165) is 5.56 Å². The zero-order valence-corrected chi connectivity index (χ0v) is 8.11. The van der Waals surface area contributed by atoms with Gasteiger partial charge in [-0.3, -0.25) is 4.79 Å². The van der Waals surface area contributed by atoms with E-state index in [1.54, 1.807) is 0 Å². The quantitative estimate of drug-likeness (QED) is 0.689. The van der Waals surface area contributed by atoms with Gasteiger partial charge in [-0.05, 0) is 5.56 Å². The lowest BCUT2D eigenvalue weighted by Gasteiger charge is -2.02. The molecule has 76 valence electrons. The molecular weight excluding hydrogens is 178 g/mol. The Balaban J connectivity index is 2.13. The van der Waals surface area contributed by atoms with Crippen LogP contribution in [0, 0.1) is 0 Å². The van der Waals surface area contributed by atoms with Crippen LogP contribution in [-0.4, -0.2) is 18.9 Å². The van der Waals surface area contributed by atoms with Gasteiger partial charge in [0.05, 0.1) is 19.8 Å². The van der Waals surface area contributed by atoms with E-state index in [9.17, 15) is 4.79 Å². The summed E-state index contributed by atoms with van der Waals surface area (Å²) in [6.07, 6.45) is 0.406. The fourth-order valence-electron chi connectivity index (χ4n) is 1.05. The summed E-state index contributed by atoms with van der Waals surface area (Å²) in [4.78, 5) is 10.8. The van der Waals surface area contributed by atoms with E-state index in [4.69, 9.17) is 10.5 Å². The molecule has 1 rings (SSSR count). The summed E-state index contributed by atoms with van der Waals surface area (Å²) < 4.78 is 5.32. The smallest absolute Gasteiger partial charge is 0.148 e. The van der Waals surface area contributed by atoms with Gasteiger partial charge in [-0.15, -0.1) is 0 Å². The summed E-state index contributed by atoms with van der Waals surface area (Å²) in [6, 6.07) is 9.87. The van der Waals surface area contributed by atoms with Gasteiger partial charge in [-0.2, -0.15) is 0 Å². The Kier molecular flexibility index (Phi) is 4.89. The zero-order chi connectivity index (χ0) is 10.2. The lowest BCUT2D eigenvalue weighted by Crippen LogP contribution is -2.15. The molecule has 0 spiro atoms. The molecule has 0 unspecified atom stereocenters. The number of carbonyl (C=O) groups excluding carboxylic acids is 1. The average Bonchev–Trinajstić information content (AvgIpc) is 2.25. The van der Waals surface area contributed by atoms with Crippen molar-refractivity contribution in [3.63, 3.8) is 0 Å². The van der Waals surface area contributed by atoms with Crippen molar-refractivity contribution in [3.8, 4) is 0 Å². The molecule has 0 amide bonds. The fourth-order valence-corrected chi connectivity index (χ4v) is 1.05. The molecule has 0 aliphatic heterocycles. The van der Waals surface area contributed by atoms with Gasteiger partial charge in [-0.1, -0.05) is 30.3 Å². The van der Waals surface area contributed by atoms with Crippen molar-refractivity contribution >= 4 is 5.78 Å². The molecule has 0 saturated carbocycles. The fraction of sp³-hybridized carbons (Fsp3) is 0.364. The highest BCUT2D eigenvalue weighted by Crippen LogP contribution is 2.00. The molecule has 0 heterocycles. The molecule has 0 fully saturated rings. The van der Waals surface area contributed by atoms with Crippen LogP contribution < -0.4 is 5.73 Å². The minimum absolute atomic E-state index is 0.0399. The van der Waals surface area contributed by atoms with Crippen LogP contribution in [0.5, 0.6) is 0 Å². The number of nitrogens with two attached hydrogens (primary N) is 1. The van der Waals surface area contributed by atoms with Crippen LogP contribution in [0.1, 0.15) is 12.0 Å². The SMILES string of the molecule is NCC(=O)CCOCc1ccccc1. The van der Waals surface area contributed by atoms with Crippen LogP contribution in [0.4, 0.5) is 0 Å². The molecule has 1 aromatic carbocycles. The Morgan fingerprint density at radius 1 is 1.29 bits per heavy atom. The van der Waals surface area contributed by atoms with Crippen LogP contribution in [0.25, 0.3) is 0 Å². The first kappa shape index (κ1) is 10.9. The maximum absolute atomic E-state index is 10.8. The van der Waals surface area contributed by atoms with Crippen LogP contribution in [0.3, 0.4) is 0 Å². The molecule has 0 saturated heterocycles. The molecule has 0 aliphatic carbocycles. The molecule has 3 nitrogen and oxygen atoms in total. The lowest BCUT2D eigenvalue weighted by molar-refractivity contribution is -0.118. The number of ether oxygens (including phenoxy) is 1. The molecule has 0 radical (unpaired) electrons. The third-order valence-electron chi connectivity index (χ3n) is 1.86. The van der Waals surface area contributed by atoms with Crippen molar-refractivity contribution in [1.29, 1.82) is 0 Å². The van der Waals surface area contributed by atoms with E-state index in [0.29, 0.717) is 19.6 Å². The maximum Gasteiger partial charge on any atom is 0.148 e. The topological polar surface area (TPSA) is 52.3 Å². The minimum Gasteiger partial charge on any atom is -0.376 e. The van der Waals surface area contributed by atoms with Gasteiger partial charge in [0, 0.05) is 6.42 Å². The zero-order valence-electron chi connectivity index (χ0n) is 8.11. The Morgan fingerprint density at radius 3 is 2.64 bits per heavy atom. The third-order valence-corrected chi connectivity index (χ3v) is 1.86. The Hall–Kier alpha value is -1.19. The van der Waals surface area contributed by atoms with Crippen LogP contribution in [-0.2, 0) is 16.1 Å². The molecule has 1 aromatic rings. The highest BCUT2D eigenvalue weighted by atomic mass is 16.5. The van der Waals surface area contributed by atoms with E-state index in [-0.39, 0.29) is 12.3 Å². The monoisotopic (exact) mass is 193 g/mol. The summed E-state index contributed by atoms with van der Waals surface area (Å²) in [7, 11) is 0. The van der Waals surface area contributed by atoms with E-state index in [2.05, 4.69) is 0 Å². The molecule has 0 bridgehead atoms. The predicted octanol–water partition coefficient (Wildman–Crippen LogP) is 1.12. The lowest BCUT2D eigenvalue weighted by atomic mass is 10.2. The number of hydrogen-bond donors (Lipinski definition) is 1. The molecule has 0 aromatic heterocycles. The molecule has 3 heteroatoms. The number of hydrogen-bond acceptors (Lipinski definition) is 3. The van der Waals surface area contributed by atoms with Gasteiger partial charge in [0.15, 0.2) is 0 Å². The molecule has 0 aliphatic rings. The third kappa shape index (κ3) is 4.16. The number of Topliss-reactive ketones (excluding diaryl/α,β-unsaturated/α-hetero) is 1. The molecule has 2 N–H and O–H groups in total. The maximum atomic E-state index is 10.8. The first-order valence-corrected chi connectivity index (χ1v) is 4.66. The van der Waals surface area contributed by atoms with Gasteiger partial charge in [0.2, 0.25) is 0 Å². The second-order valence-electron chi connectivity index (χ2n) is 3.03. The highest BCUT2D eigenvalue weighted by molar-refractivity contribution is 5.80. The Labute approximate surface area is 83.9 Å². The first-order chi connectivity index (χ1) is 6.83. The van der Waals surface area contributed by atoms with Crippen molar-refractivity contribution in [2.75, 3.05) is 13.2 Å². The van der Waals surface area contributed by atoms with E-state index >= 15 is 0 Å². The van der Waals surface area contributed by atoms with Crippen molar-refractivity contribution in [2.24, 2.45) is 5.73 Å². The second-order valence-corrected chi connectivity index (χ2v) is 3.03. The van der Waals surface area contributed by atoms with Crippen molar-refractivity contribution in [1.82, 2.24) is 0 Å². The van der Waals surface area contributed by atoms with E-state index in [1.165, 1.54) is 0 Å². The largest absolute Gasteiger partial charge is 0.376 e. The molecule has 14 heavy (non-hydrogen) atoms. The average molecular weight is 193 g/mol. The van der Waals surface area contributed by atoms with Gasteiger partial charge >= 0.3 is 0 Å². The van der Waals surface area contributed by atoms with Crippen LogP contribution >= 0.6 is 0 Å². The normalized spacial score (nSPS) is 10.1. The highest BCUT2D eigenvalue weighted by Gasteiger charge is 1.98. The van der Waals surface area contributed by atoms with Gasteiger partial charge in [0.1, 0.15) is 5.78 Å². The number of ketones is 1. The Bertz CT molecular complexity index is 272. The van der Waals surface area contributed by atoms with E-state index in [1.807, 2.05) is 30.3 Å². The standard InChI is InChI=1S/C11H15NO2/c12-8-11(13)6-7-14-9-10-4-2-1-3-5-10/h1-5H,6-9,12H2. The summed E-state index contributed by atoms with van der Waals surface area (Å²) in [5, 5.41) is 0. The first-order valence-electron chi connectivity index (χ1n) is 4.66. The Morgan fingerprint density at radius 2 is 2.00 bits per heavy atom. The van der Waals surface area contributed by atoms with Gasteiger partial charge < -0.3 is 10.5 Å². The van der Waals surface area contributed by atoms with Gasteiger partial charge in [-0.25, -0.2) is 0 Å². The summed E-state index contributed by atoms with van der Waals surface area (Å²) in [5.41, 5.74) is 6.28. The van der Waals surface area contributed by atoms with Crippen LogP contribution in [0.2, 0.25) is 0 Å². The van der Waals surface area contributed by atoms with Crippen molar-refractivity contribution < 1.29 is 9.53 Å². The van der Waals surface area contributed by atoms with E-state index < -0.39 is 0 Å². The summed E-state index contributed by atoms with van der Waals surface area (Å²) in [6.45, 7) is 1.11. The summed E-state index contributed by atoms with van der Waals surface area (Å²) >= 11 is 0. The summed E-state index contributed by atoms with van der Waals surface area (Å²) in [5.74, 6) is 0.0399. The van der Waals surface area contributed by atoms with Crippen molar-refractivity contribution in [2.45, 2.75) is 13.0 Å². The predicted molar refractivity (Wildman–Crippen MR) is 54.8 cm³/mol. The van der Waals surface area contributed by atoms with Crippen LogP contribution in [0.15, 0.2) is 30.3 Å². The minimum atomic E-state index is 0.0399. The molecular formula is C11H15NO2. The molecule has 0 atom stereocenters. The number of carbonyl (C=O) groups is 1. The number of rotatable bonds is 6.